The first-order valence-electron chi connectivity index (χ1n) is 8.36. The Morgan fingerprint density at radius 2 is 1.82 bits per heavy atom. The Balaban J connectivity index is 1.50. The molecule has 0 radical (unpaired) electrons. The third-order valence-electron chi connectivity index (χ3n) is 3.67. The summed E-state index contributed by atoms with van der Waals surface area (Å²) in [6.07, 6.45) is 0. The molecule has 146 valence electrons. The number of rotatable bonds is 8. The molecule has 0 saturated heterocycles. The second-order valence-electron chi connectivity index (χ2n) is 5.73. The minimum atomic E-state index is -0.268. The summed E-state index contributed by atoms with van der Waals surface area (Å²) >= 11 is 7.94. The van der Waals surface area contributed by atoms with E-state index in [0.29, 0.717) is 0 Å². The summed E-state index contributed by atoms with van der Waals surface area (Å²) < 4.78 is 7.82. The number of halogens is 1. The first-order valence-corrected chi connectivity index (χ1v) is 11.8. The minimum absolute atomic E-state index is 0.0602. The maximum atomic E-state index is 12.4. The Morgan fingerprint density at radius 3 is 2.50 bits per heavy atom. The normalized spacial score (nSPS) is 11.8. The van der Waals surface area contributed by atoms with Crippen LogP contribution in [0, 0.1) is 0 Å². The Hall–Kier alpha value is -1.55. The number of hydrogen-bond donors (Lipinski definition) is 1. The lowest BCUT2D eigenvalue weighted by Gasteiger charge is -2.10. The van der Waals surface area contributed by atoms with Gasteiger partial charge in [0.15, 0.2) is 8.68 Å². The first-order chi connectivity index (χ1) is 13.5. The molecule has 2 aromatic carbocycles. The van der Waals surface area contributed by atoms with E-state index in [1.807, 2.05) is 55.5 Å². The highest BCUT2D eigenvalue weighted by Crippen LogP contribution is 2.33. The van der Waals surface area contributed by atoms with Gasteiger partial charge >= 0.3 is 0 Å². The monoisotopic (exact) mass is 495 g/mol. The predicted molar refractivity (Wildman–Crippen MR) is 121 cm³/mol. The number of carbonyl (C=O) groups excluding carboxylic acids is 1. The van der Waals surface area contributed by atoms with Crippen LogP contribution in [0.4, 0.5) is 5.69 Å². The van der Waals surface area contributed by atoms with Gasteiger partial charge in [0.05, 0.1) is 12.4 Å². The third-order valence-corrected chi connectivity index (χ3v) is 7.51. The van der Waals surface area contributed by atoms with Gasteiger partial charge in [0, 0.05) is 15.9 Å². The van der Waals surface area contributed by atoms with Gasteiger partial charge in [0.25, 0.3) is 0 Å². The average Bonchev–Trinajstić information content (AvgIpc) is 3.15. The fourth-order valence-electron chi connectivity index (χ4n) is 2.15. The van der Waals surface area contributed by atoms with Gasteiger partial charge in [-0.25, -0.2) is 0 Å². The molecule has 5 nitrogen and oxygen atoms in total. The van der Waals surface area contributed by atoms with Gasteiger partial charge in [0.2, 0.25) is 5.91 Å². The minimum Gasteiger partial charge on any atom is -0.497 e. The van der Waals surface area contributed by atoms with E-state index in [4.69, 9.17) is 4.74 Å². The van der Waals surface area contributed by atoms with Crippen LogP contribution in [0.15, 0.2) is 61.7 Å². The third kappa shape index (κ3) is 6.23. The fourth-order valence-corrected chi connectivity index (χ4v) is 5.54. The van der Waals surface area contributed by atoms with Crippen molar-refractivity contribution in [1.82, 2.24) is 10.2 Å². The maximum absolute atomic E-state index is 12.4. The largest absolute Gasteiger partial charge is 0.497 e. The molecule has 1 N–H and O–H groups in total. The van der Waals surface area contributed by atoms with Crippen LogP contribution >= 0.6 is 50.8 Å². The molecular formula is C19H18BrN3O2S3. The molecule has 1 heterocycles. The number of nitrogens with zero attached hydrogens (tertiary/aromatic N) is 2. The number of aromatic nitrogens is 2. The van der Waals surface area contributed by atoms with Gasteiger partial charge in [-0.05, 0) is 48.9 Å². The second kappa shape index (κ2) is 10.3. The summed E-state index contributed by atoms with van der Waals surface area (Å²) in [5.41, 5.74) is 1.96. The number of carbonyl (C=O) groups is 1. The number of amides is 1. The van der Waals surface area contributed by atoms with Crippen molar-refractivity contribution < 1.29 is 9.53 Å². The van der Waals surface area contributed by atoms with Crippen LogP contribution in [0.2, 0.25) is 0 Å². The average molecular weight is 496 g/mol. The number of anilines is 1. The van der Waals surface area contributed by atoms with Crippen LogP contribution in [0.5, 0.6) is 5.75 Å². The topological polar surface area (TPSA) is 64.1 Å². The van der Waals surface area contributed by atoms with Gasteiger partial charge in [-0.3, -0.25) is 4.79 Å². The number of benzene rings is 2. The lowest BCUT2D eigenvalue weighted by Crippen LogP contribution is -2.22. The number of ether oxygens (including phenoxy) is 1. The van der Waals surface area contributed by atoms with E-state index in [9.17, 15) is 4.79 Å². The van der Waals surface area contributed by atoms with Crippen molar-refractivity contribution >= 4 is 62.4 Å². The van der Waals surface area contributed by atoms with Crippen molar-refractivity contribution in [3.8, 4) is 5.75 Å². The van der Waals surface area contributed by atoms with Crippen molar-refractivity contribution in [1.29, 1.82) is 0 Å². The molecule has 9 heteroatoms. The van der Waals surface area contributed by atoms with Gasteiger partial charge in [-0.2, -0.15) is 0 Å². The first kappa shape index (κ1) is 21.2. The summed E-state index contributed by atoms with van der Waals surface area (Å²) in [6.45, 7) is 1.87. The SMILES string of the molecule is COc1ccc(CSc2nnc(SC(C)C(=O)Nc3ccc(Br)cc3)s2)cc1. The second-order valence-corrected chi connectivity index (χ2v) is 10.4. The maximum Gasteiger partial charge on any atom is 0.237 e. The molecule has 3 aromatic rings. The standard InChI is InChI=1S/C19H18BrN3O2S3/c1-12(17(24)21-15-7-5-14(20)6-8-15)27-19-23-22-18(28-19)26-11-13-3-9-16(25-2)10-4-13/h3-10,12H,11H2,1-2H3,(H,21,24). The van der Waals surface area contributed by atoms with E-state index in [0.717, 1.165) is 30.3 Å². The summed E-state index contributed by atoms with van der Waals surface area (Å²) in [5, 5.41) is 11.1. The van der Waals surface area contributed by atoms with Crippen molar-refractivity contribution in [2.24, 2.45) is 0 Å². The lowest BCUT2D eigenvalue weighted by molar-refractivity contribution is -0.115. The Morgan fingerprint density at radius 1 is 1.14 bits per heavy atom. The number of nitrogens with one attached hydrogen (secondary N) is 1. The highest BCUT2D eigenvalue weighted by atomic mass is 79.9. The molecule has 1 atom stereocenters. The summed E-state index contributed by atoms with van der Waals surface area (Å²) in [5.74, 6) is 1.59. The van der Waals surface area contributed by atoms with E-state index in [-0.39, 0.29) is 11.2 Å². The van der Waals surface area contributed by atoms with E-state index in [1.165, 1.54) is 28.7 Å². The Labute approximate surface area is 184 Å². The van der Waals surface area contributed by atoms with Crippen LogP contribution in [-0.4, -0.2) is 28.5 Å². The molecule has 1 aromatic heterocycles. The highest BCUT2D eigenvalue weighted by Gasteiger charge is 2.17. The van der Waals surface area contributed by atoms with Gasteiger partial charge in [-0.15, -0.1) is 10.2 Å². The molecule has 0 fully saturated rings. The van der Waals surface area contributed by atoms with Crippen molar-refractivity contribution in [3.63, 3.8) is 0 Å². The number of hydrogen-bond acceptors (Lipinski definition) is 7. The van der Waals surface area contributed by atoms with Gasteiger partial charge in [0.1, 0.15) is 5.75 Å². The molecular weight excluding hydrogens is 478 g/mol. The summed E-state index contributed by atoms with van der Waals surface area (Å²) in [4.78, 5) is 12.4. The van der Waals surface area contributed by atoms with Crippen LogP contribution in [-0.2, 0) is 10.5 Å². The van der Waals surface area contributed by atoms with Crippen molar-refractivity contribution in [3.05, 3.63) is 58.6 Å². The molecule has 1 unspecified atom stereocenters. The fraction of sp³-hybridized carbons (Fsp3) is 0.211. The Kier molecular flexibility index (Phi) is 7.78. The summed E-state index contributed by atoms with van der Waals surface area (Å²) in [6, 6.07) is 15.5. The molecule has 1 amide bonds. The van der Waals surface area contributed by atoms with Crippen LogP contribution < -0.4 is 10.1 Å². The van der Waals surface area contributed by atoms with Gasteiger partial charge < -0.3 is 10.1 Å². The van der Waals surface area contributed by atoms with Gasteiger partial charge in [-0.1, -0.05) is 62.9 Å². The van der Waals surface area contributed by atoms with E-state index in [1.54, 1.807) is 18.9 Å². The molecule has 0 spiro atoms. The zero-order valence-electron chi connectivity index (χ0n) is 15.2. The summed E-state index contributed by atoms with van der Waals surface area (Å²) in [7, 11) is 1.66. The van der Waals surface area contributed by atoms with E-state index < -0.39 is 0 Å². The molecule has 28 heavy (non-hydrogen) atoms. The number of thioether (sulfide) groups is 2. The molecule has 0 aliphatic rings. The lowest BCUT2D eigenvalue weighted by atomic mass is 10.2. The zero-order chi connectivity index (χ0) is 19.9. The molecule has 0 aliphatic heterocycles. The van der Waals surface area contributed by atoms with Crippen LogP contribution in [0.25, 0.3) is 0 Å². The Bertz CT molecular complexity index is 917. The highest BCUT2D eigenvalue weighted by molar-refractivity contribution is 9.10. The van der Waals surface area contributed by atoms with Crippen LogP contribution in [0.3, 0.4) is 0 Å². The molecule has 0 aliphatic carbocycles. The number of methoxy groups -OCH3 is 1. The van der Waals surface area contributed by atoms with E-state index >= 15 is 0 Å². The van der Waals surface area contributed by atoms with Crippen molar-refractivity contribution in [2.45, 2.75) is 26.6 Å². The zero-order valence-corrected chi connectivity index (χ0v) is 19.3. The van der Waals surface area contributed by atoms with Crippen LogP contribution in [0.1, 0.15) is 12.5 Å². The smallest absolute Gasteiger partial charge is 0.237 e. The molecule has 0 bridgehead atoms. The van der Waals surface area contributed by atoms with E-state index in [2.05, 4.69) is 31.4 Å². The predicted octanol–water partition coefficient (Wildman–Crippen LogP) is 5.72. The molecule has 3 rings (SSSR count). The van der Waals surface area contributed by atoms with Crippen molar-refractivity contribution in [2.75, 3.05) is 12.4 Å². The quantitative estimate of drug-likeness (QED) is 0.403. The molecule has 0 saturated carbocycles.